The Bertz CT molecular complexity index is 914. The van der Waals surface area contributed by atoms with E-state index in [0.717, 1.165) is 12.1 Å². The third-order valence-corrected chi connectivity index (χ3v) is 6.37. The van der Waals surface area contributed by atoms with Gasteiger partial charge in [0, 0.05) is 50.6 Å². The first-order valence-corrected chi connectivity index (χ1v) is 10.0. The Hall–Kier alpha value is -2.20. The van der Waals surface area contributed by atoms with Gasteiger partial charge in [-0.25, -0.2) is 8.42 Å². The molecule has 10 heteroatoms. The number of carbonyl (C=O) groups is 1. The molecule has 9 nitrogen and oxygen atoms in total. The van der Waals surface area contributed by atoms with Gasteiger partial charge in [0.15, 0.2) is 10.7 Å². The average Bonchev–Trinajstić information content (AvgIpc) is 3.22. The van der Waals surface area contributed by atoms with E-state index in [9.17, 15) is 13.2 Å². The van der Waals surface area contributed by atoms with E-state index in [2.05, 4.69) is 10.2 Å². The highest BCUT2D eigenvalue weighted by molar-refractivity contribution is 7.89. The van der Waals surface area contributed by atoms with Crippen LogP contribution < -0.4 is 0 Å². The van der Waals surface area contributed by atoms with Gasteiger partial charge in [0.2, 0.25) is 0 Å². The van der Waals surface area contributed by atoms with Crippen LogP contribution in [-0.4, -0.2) is 62.7 Å². The molecule has 0 spiro atoms. The molecular weight excluding hydrogens is 356 g/mol. The zero-order chi connectivity index (χ0) is 19.1. The lowest BCUT2D eigenvalue weighted by molar-refractivity contribution is 0.0683. The summed E-state index contributed by atoms with van der Waals surface area (Å²) < 4.78 is 29.3. The Morgan fingerprint density at radius 3 is 2.69 bits per heavy atom. The van der Waals surface area contributed by atoms with Gasteiger partial charge in [0.25, 0.3) is 15.9 Å². The summed E-state index contributed by atoms with van der Waals surface area (Å²) in [6.45, 7) is 7.76. The van der Waals surface area contributed by atoms with Crippen LogP contribution in [0.4, 0.5) is 0 Å². The smallest absolute Gasteiger partial charge is 0.274 e. The molecule has 0 fully saturated rings. The van der Waals surface area contributed by atoms with Crippen LogP contribution in [-0.2, 0) is 29.7 Å². The average molecular weight is 380 g/mol. The lowest BCUT2D eigenvalue weighted by Gasteiger charge is -2.25. The maximum absolute atomic E-state index is 13.0. The quantitative estimate of drug-likeness (QED) is 0.764. The van der Waals surface area contributed by atoms with Gasteiger partial charge in [0.1, 0.15) is 0 Å². The molecule has 0 aromatic carbocycles. The molecule has 1 aliphatic rings. The summed E-state index contributed by atoms with van der Waals surface area (Å²) in [6.07, 6.45) is 3.64. The SMILES string of the molecule is CCn1cc(CN(C(=O)c2cc3n(n2)CCN(C)S3(=O)=O)C(C)C)cn1. The molecule has 2 aromatic rings. The number of rotatable bonds is 5. The number of aryl methyl sites for hydroxylation is 1. The molecule has 0 bridgehead atoms. The number of sulfonamides is 1. The third kappa shape index (κ3) is 3.26. The summed E-state index contributed by atoms with van der Waals surface area (Å²) in [6, 6.07) is 1.31. The standard InChI is InChI=1S/C16H24N6O3S/c1-5-20-10-13(9-17-20)11-21(12(2)3)16(23)14-8-15-22(18-14)7-6-19(4)26(15,24)25/h8-10,12H,5-7,11H2,1-4H3. The van der Waals surface area contributed by atoms with Crippen LogP contribution in [0.15, 0.2) is 23.5 Å². The predicted octanol–water partition coefficient (Wildman–Crippen LogP) is 0.784. The van der Waals surface area contributed by atoms with Crippen molar-refractivity contribution in [3.8, 4) is 0 Å². The molecule has 0 radical (unpaired) electrons. The van der Waals surface area contributed by atoms with Crippen LogP contribution in [0.1, 0.15) is 36.8 Å². The molecule has 1 amide bonds. The van der Waals surface area contributed by atoms with Crippen LogP contribution in [0, 0.1) is 0 Å². The highest BCUT2D eigenvalue weighted by Gasteiger charge is 2.33. The molecule has 0 unspecified atom stereocenters. The number of amides is 1. The van der Waals surface area contributed by atoms with Crippen molar-refractivity contribution in [2.75, 3.05) is 13.6 Å². The topological polar surface area (TPSA) is 93.3 Å². The van der Waals surface area contributed by atoms with E-state index in [-0.39, 0.29) is 22.7 Å². The Kier molecular flexibility index (Phi) is 4.89. The van der Waals surface area contributed by atoms with Crippen molar-refractivity contribution in [2.45, 2.75) is 51.5 Å². The summed E-state index contributed by atoms with van der Waals surface area (Å²) in [5.74, 6) is -0.288. The fraction of sp³-hybridized carbons (Fsp3) is 0.562. The summed E-state index contributed by atoms with van der Waals surface area (Å²) >= 11 is 0. The van der Waals surface area contributed by atoms with Gasteiger partial charge in [-0.3, -0.25) is 14.2 Å². The van der Waals surface area contributed by atoms with E-state index in [1.165, 1.54) is 22.1 Å². The minimum absolute atomic E-state index is 0.0644. The van der Waals surface area contributed by atoms with Crippen LogP contribution in [0.25, 0.3) is 0 Å². The van der Waals surface area contributed by atoms with Crippen LogP contribution in [0.3, 0.4) is 0 Å². The molecule has 2 aromatic heterocycles. The second-order valence-electron chi connectivity index (χ2n) is 6.65. The third-order valence-electron chi connectivity index (χ3n) is 4.51. The van der Waals surface area contributed by atoms with Gasteiger partial charge in [0.05, 0.1) is 12.7 Å². The molecule has 0 saturated carbocycles. The summed E-state index contributed by atoms with van der Waals surface area (Å²) in [7, 11) is -2.06. The van der Waals surface area contributed by atoms with E-state index in [1.54, 1.807) is 15.8 Å². The van der Waals surface area contributed by atoms with Gasteiger partial charge in [-0.05, 0) is 20.8 Å². The molecule has 0 N–H and O–H groups in total. The highest BCUT2D eigenvalue weighted by atomic mass is 32.2. The molecule has 3 heterocycles. The second kappa shape index (κ2) is 6.84. The van der Waals surface area contributed by atoms with E-state index >= 15 is 0 Å². The van der Waals surface area contributed by atoms with Crippen LogP contribution in [0.2, 0.25) is 0 Å². The first-order valence-electron chi connectivity index (χ1n) is 8.60. The van der Waals surface area contributed by atoms with Crippen molar-refractivity contribution >= 4 is 15.9 Å². The van der Waals surface area contributed by atoms with E-state index in [0.29, 0.717) is 19.6 Å². The van der Waals surface area contributed by atoms with Crippen molar-refractivity contribution in [1.29, 1.82) is 0 Å². The Balaban J connectivity index is 1.89. The number of hydrogen-bond donors (Lipinski definition) is 0. The van der Waals surface area contributed by atoms with Crippen molar-refractivity contribution in [2.24, 2.45) is 0 Å². The number of nitrogens with zero attached hydrogens (tertiary/aromatic N) is 6. The maximum Gasteiger partial charge on any atom is 0.274 e. The van der Waals surface area contributed by atoms with Crippen LogP contribution >= 0.6 is 0 Å². The number of carbonyl (C=O) groups excluding carboxylic acids is 1. The molecule has 26 heavy (non-hydrogen) atoms. The predicted molar refractivity (Wildman–Crippen MR) is 95.0 cm³/mol. The summed E-state index contributed by atoms with van der Waals surface area (Å²) in [5.41, 5.74) is 1.07. The number of fused-ring (bicyclic) bond motifs is 1. The minimum Gasteiger partial charge on any atom is -0.330 e. The zero-order valence-corrected chi connectivity index (χ0v) is 16.3. The lowest BCUT2D eigenvalue weighted by Crippen LogP contribution is -2.37. The number of aromatic nitrogens is 4. The molecule has 0 atom stereocenters. The first kappa shape index (κ1) is 18.6. The second-order valence-corrected chi connectivity index (χ2v) is 8.64. The van der Waals surface area contributed by atoms with Gasteiger partial charge < -0.3 is 4.90 Å². The normalized spacial score (nSPS) is 16.7. The molecule has 142 valence electrons. The fourth-order valence-corrected chi connectivity index (χ4v) is 4.18. The highest BCUT2D eigenvalue weighted by Crippen LogP contribution is 2.22. The Labute approximate surface area is 153 Å². The zero-order valence-electron chi connectivity index (χ0n) is 15.5. The first-order chi connectivity index (χ1) is 12.2. The molecule has 1 aliphatic heterocycles. The van der Waals surface area contributed by atoms with Gasteiger partial charge in [-0.2, -0.15) is 14.5 Å². The van der Waals surface area contributed by atoms with E-state index in [4.69, 9.17) is 0 Å². The Morgan fingerprint density at radius 2 is 2.08 bits per heavy atom. The van der Waals surface area contributed by atoms with Crippen molar-refractivity contribution < 1.29 is 13.2 Å². The number of hydrogen-bond acceptors (Lipinski definition) is 5. The summed E-state index contributed by atoms with van der Waals surface area (Å²) in [4.78, 5) is 14.7. The van der Waals surface area contributed by atoms with Crippen molar-refractivity contribution in [1.82, 2.24) is 28.8 Å². The molecular formula is C16H24N6O3S. The lowest BCUT2D eigenvalue weighted by atomic mass is 10.2. The monoisotopic (exact) mass is 380 g/mol. The van der Waals surface area contributed by atoms with E-state index < -0.39 is 10.0 Å². The van der Waals surface area contributed by atoms with Gasteiger partial charge >= 0.3 is 0 Å². The van der Waals surface area contributed by atoms with E-state index in [1.807, 2.05) is 27.0 Å². The molecule has 0 saturated heterocycles. The Morgan fingerprint density at radius 1 is 1.35 bits per heavy atom. The maximum atomic E-state index is 13.0. The minimum atomic E-state index is -3.59. The van der Waals surface area contributed by atoms with Crippen molar-refractivity contribution in [3.05, 3.63) is 29.7 Å². The van der Waals surface area contributed by atoms with Crippen molar-refractivity contribution in [3.63, 3.8) is 0 Å². The fourth-order valence-electron chi connectivity index (χ4n) is 2.88. The molecule has 3 rings (SSSR count). The van der Waals surface area contributed by atoms with Gasteiger partial charge in [-0.15, -0.1) is 0 Å². The largest absolute Gasteiger partial charge is 0.330 e. The van der Waals surface area contributed by atoms with Gasteiger partial charge in [-0.1, -0.05) is 0 Å². The number of likely N-dealkylation sites (N-methyl/N-ethyl adjacent to an activating group) is 1. The van der Waals surface area contributed by atoms with Crippen LogP contribution in [0.5, 0.6) is 0 Å². The molecule has 0 aliphatic carbocycles. The summed E-state index contributed by atoms with van der Waals surface area (Å²) in [5, 5.41) is 8.55.